The first kappa shape index (κ1) is 17.4. The van der Waals surface area contributed by atoms with Crippen LogP contribution in [0.5, 0.6) is 0 Å². The van der Waals surface area contributed by atoms with E-state index in [0.717, 1.165) is 19.3 Å². The number of sulfonamides is 1. The van der Waals surface area contributed by atoms with Gasteiger partial charge in [-0.2, -0.15) is 0 Å². The lowest BCUT2D eigenvalue weighted by Crippen LogP contribution is -2.45. The fourth-order valence-electron chi connectivity index (χ4n) is 2.82. The van der Waals surface area contributed by atoms with Gasteiger partial charge in [-0.05, 0) is 25.7 Å². The molecular formula is C14H28N2O3S. The molecule has 6 heteroatoms. The Morgan fingerprint density at radius 3 is 2.35 bits per heavy atom. The van der Waals surface area contributed by atoms with Crippen LogP contribution in [0.1, 0.15) is 47.0 Å². The van der Waals surface area contributed by atoms with Gasteiger partial charge in [0.15, 0.2) is 0 Å². The lowest BCUT2D eigenvalue weighted by Gasteiger charge is -2.29. The Morgan fingerprint density at radius 2 is 1.80 bits per heavy atom. The van der Waals surface area contributed by atoms with Gasteiger partial charge in [-0.25, -0.2) is 12.7 Å². The summed E-state index contributed by atoms with van der Waals surface area (Å²) in [5, 5.41) is 0. The third-order valence-corrected chi connectivity index (χ3v) is 6.00. The van der Waals surface area contributed by atoms with Gasteiger partial charge in [0.1, 0.15) is 5.75 Å². The number of likely N-dealkylation sites (tertiary alicyclic amines) is 1. The number of amides is 1. The van der Waals surface area contributed by atoms with Gasteiger partial charge >= 0.3 is 0 Å². The molecule has 0 saturated carbocycles. The van der Waals surface area contributed by atoms with Crippen molar-refractivity contribution in [2.24, 2.45) is 5.92 Å². The SMILES string of the molecule is CCN(CC)S(=O)(=O)CC(=O)N1C[C@H](C)CCC[C@@H]1C. The Bertz CT molecular complexity index is 418. The van der Waals surface area contributed by atoms with Crippen molar-refractivity contribution in [3.63, 3.8) is 0 Å². The Labute approximate surface area is 123 Å². The summed E-state index contributed by atoms with van der Waals surface area (Å²) in [6.07, 6.45) is 3.17. The highest BCUT2D eigenvalue weighted by atomic mass is 32.2. The molecule has 1 fully saturated rings. The maximum Gasteiger partial charge on any atom is 0.239 e. The summed E-state index contributed by atoms with van der Waals surface area (Å²) >= 11 is 0. The number of rotatable bonds is 5. The summed E-state index contributed by atoms with van der Waals surface area (Å²) < 4.78 is 25.8. The molecule has 0 radical (unpaired) electrons. The van der Waals surface area contributed by atoms with Crippen LogP contribution in [0.4, 0.5) is 0 Å². The van der Waals surface area contributed by atoms with Crippen LogP contribution in [0.3, 0.4) is 0 Å². The minimum atomic E-state index is -3.48. The molecule has 0 aromatic rings. The quantitative estimate of drug-likeness (QED) is 0.777. The highest BCUT2D eigenvalue weighted by Crippen LogP contribution is 2.21. The van der Waals surface area contributed by atoms with Crippen molar-refractivity contribution in [3.8, 4) is 0 Å². The van der Waals surface area contributed by atoms with E-state index >= 15 is 0 Å². The van der Waals surface area contributed by atoms with E-state index in [1.54, 1.807) is 18.7 Å². The summed E-state index contributed by atoms with van der Waals surface area (Å²) in [6.45, 7) is 9.23. The van der Waals surface area contributed by atoms with Crippen LogP contribution in [0.25, 0.3) is 0 Å². The van der Waals surface area contributed by atoms with E-state index in [9.17, 15) is 13.2 Å². The van der Waals surface area contributed by atoms with Gasteiger partial charge in [0.2, 0.25) is 15.9 Å². The molecule has 1 amide bonds. The van der Waals surface area contributed by atoms with Gasteiger partial charge in [0.05, 0.1) is 0 Å². The van der Waals surface area contributed by atoms with Crippen LogP contribution in [0, 0.1) is 5.92 Å². The molecule has 0 spiro atoms. The van der Waals surface area contributed by atoms with Crippen LogP contribution in [0.15, 0.2) is 0 Å². The summed E-state index contributed by atoms with van der Waals surface area (Å²) in [5.74, 6) is -0.204. The standard InChI is InChI=1S/C14H28N2O3S/c1-5-15(6-2)20(18,19)11-14(17)16-10-12(3)8-7-9-13(16)4/h12-13H,5-11H2,1-4H3/t12-,13+/m1/s1. The van der Waals surface area contributed by atoms with Crippen molar-refractivity contribution in [3.05, 3.63) is 0 Å². The Morgan fingerprint density at radius 1 is 1.20 bits per heavy atom. The highest BCUT2D eigenvalue weighted by molar-refractivity contribution is 7.89. The van der Waals surface area contributed by atoms with Gasteiger partial charge in [0, 0.05) is 25.7 Å². The minimum Gasteiger partial charge on any atom is -0.339 e. The second-order valence-corrected chi connectivity index (χ2v) is 7.74. The number of hydrogen-bond acceptors (Lipinski definition) is 3. The molecule has 1 aliphatic rings. The van der Waals surface area contributed by atoms with Crippen molar-refractivity contribution in [1.29, 1.82) is 0 Å². The highest BCUT2D eigenvalue weighted by Gasteiger charge is 2.30. The predicted octanol–water partition coefficient (Wildman–Crippen LogP) is 1.70. The molecule has 1 rings (SSSR count). The van der Waals surface area contributed by atoms with Crippen molar-refractivity contribution < 1.29 is 13.2 Å². The lowest BCUT2D eigenvalue weighted by molar-refractivity contribution is -0.130. The van der Waals surface area contributed by atoms with Gasteiger partial charge < -0.3 is 4.90 Å². The Hall–Kier alpha value is -0.620. The number of hydrogen-bond donors (Lipinski definition) is 0. The molecule has 0 aliphatic carbocycles. The summed E-state index contributed by atoms with van der Waals surface area (Å²) in [4.78, 5) is 14.1. The molecule has 1 saturated heterocycles. The van der Waals surface area contributed by atoms with Gasteiger partial charge in [-0.3, -0.25) is 4.79 Å². The molecule has 20 heavy (non-hydrogen) atoms. The fourth-order valence-corrected chi connectivity index (χ4v) is 4.27. The summed E-state index contributed by atoms with van der Waals surface area (Å²) in [7, 11) is -3.48. The topological polar surface area (TPSA) is 57.7 Å². The van der Waals surface area contributed by atoms with Crippen LogP contribution in [0.2, 0.25) is 0 Å². The fraction of sp³-hybridized carbons (Fsp3) is 0.929. The van der Waals surface area contributed by atoms with E-state index in [4.69, 9.17) is 0 Å². The van der Waals surface area contributed by atoms with Gasteiger partial charge in [0.25, 0.3) is 0 Å². The van der Waals surface area contributed by atoms with Crippen molar-refractivity contribution >= 4 is 15.9 Å². The Kier molecular flexibility index (Phi) is 6.45. The molecule has 0 aromatic carbocycles. The average molecular weight is 304 g/mol. The normalized spacial score (nSPS) is 24.8. The third kappa shape index (κ3) is 4.45. The van der Waals surface area contributed by atoms with Crippen LogP contribution in [-0.2, 0) is 14.8 Å². The minimum absolute atomic E-state index is 0.138. The van der Waals surface area contributed by atoms with Crippen LogP contribution in [-0.4, -0.2) is 55.0 Å². The molecule has 1 aliphatic heterocycles. The number of nitrogens with zero attached hydrogens (tertiary/aromatic N) is 2. The van der Waals surface area contributed by atoms with E-state index in [1.807, 2.05) is 6.92 Å². The number of carbonyl (C=O) groups excluding carboxylic acids is 1. The first-order valence-electron chi connectivity index (χ1n) is 7.59. The first-order valence-corrected chi connectivity index (χ1v) is 9.20. The van der Waals surface area contributed by atoms with Crippen LogP contribution < -0.4 is 0 Å². The molecule has 0 N–H and O–H groups in total. The van der Waals surface area contributed by atoms with E-state index in [2.05, 4.69) is 6.92 Å². The zero-order valence-corrected chi connectivity index (χ0v) is 13.9. The van der Waals surface area contributed by atoms with Crippen molar-refractivity contribution in [2.75, 3.05) is 25.4 Å². The Balaban J connectivity index is 2.78. The molecule has 2 atom stereocenters. The second-order valence-electron chi connectivity index (χ2n) is 5.77. The third-order valence-electron chi connectivity index (χ3n) is 4.08. The largest absolute Gasteiger partial charge is 0.339 e. The lowest BCUT2D eigenvalue weighted by atomic mass is 10.1. The maximum atomic E-state index is 12.4. The van der Waals surface area contributed by atoms with E-state index in [0.29, 0.717) is 25.6 Å². The maximum absolute atomic E-state index is 12.4. The monoisotopic (exact) mass is 304 g/mol. The molecule has 1 heterocycles. The first-order chi connectivity index (χ1) is 9.31. The molecule has 5 nitrogen and oxygen atoms in total. The number of carbonyl (C=O) groups is 1. The van der Waals surface area contributed by atoms with Crippen molar-refractivity contribution in [1.82, 2.24) is 9.21 Å². The van der Waals surface area contributed by atoms with E-state index < -0.39 is 15.8 Å². The molecule has 0 aromatic heterocycles. The van der Waals surface area contributed by atoms with E-state index in [1.165, 1.54) is 4.31 Å². The predicted molar refractivity (Wildman–Crippen MR) is 80.9 cm³/mol. The van der Waals surface area contributed by atoms with E-state index in [-0.39, 0.29) is 11.9 Å². The molecule has 0 unspecified atom stereocenters. The molecular weight excluding hydrogens is 276 g/mol. The van der Waals surface area contributed by atoms with Crippen LogP contribution >= 0.6 is 0 Å². The average Bonchev–Trinajstić information content (AvgIpc) is 2.51. The second kappa shape index (κ2) is 7.41. The molecule has 0 bridgehead atoms. The van der Waals surface area contributed by atoms with Gasteiger partial charge in [-0.1, -0.05) is 27.2 Å². The van der Waals surface area contributed by atoms with Crippen molar-refractivity contribution in [2.45, 2.75) is 53.0 Å². The zero-order chi connectivity index (χ0) is 15.3. The van der Waals surface area contributed by atoms with Gasteiger partial charge in [-0.15, -0.1) is 0 Å². The molecule has 118 valence electrons. The summed E-state index contributed by atoms with van der Waals surface area (Å²) in [6, 6.07) is 0.138. The smallest absolute Gasteiger partial charge is 0.239 e. The summed E-state index contributed by atoms with van der Waals surface area (Å²) in [5.41, 5.74) is 0. The zero-order valence-electron chi connectivity index (χ0n) is 13.1.